The van der Waals surface area contributed by atoms with Crippen molar-refractivity contribution in [2.75, 3.05) is 12.0 Å². The zero-order chi connectivity index (χ0) is 9.68. The second-order valence-electron chi connectivity index (χ2n) is 2.37. The lowest BCUT2D eigenvalue weighted by atomic mass is 10.5. The van der Waals surface area contributed by atoms with Gasteiger partial charge in [0.2, 0.25) is 5.91 Å². The molecule has 1 N–H and O–H groups in total. The molecule has 0 unspecified atom stereocenters. The van der Waals surface area contributed by atoms with Gasteiger partial charge in [0.05, 0.1) is 18.4 Å². The maximum atomic E-state index is 11.9. The van der Waals surface area contributed by atoms with Crippen LogP contribution in [-0.2, 0) is 11.3 Å². The fourth-order valence-corrected chi connectivity index (χ4v) is 0.830. The second-order valence-corrected chi connectivity index (χ2v) is 2.37. The smallest absolute Gasteiger partial charge is 0.247 e. The van der Waals surface area contributed by atoms with Gasteiger partial charge in [-0.1, -0.05) is 6.58 Å². The number of aryl methyl sites for hydroxylation is 1. The van der Waals surface area contributed by atoms with E-state index in [1.54, 1.807) is 6.20 Å². The highest BCUT2D eigenvalue weighted by Crippen LogP contribution is 2.04. The summed E-state index contributed by atoms with van der Waals surface area (Å²) in [6.07, 6.45) is 4.17. The molecule has 0 aromatic carbocycles. The molecule has 0 atom stereocenters. The highest BCUT2D eigenvalue weighted by molar-refractivity contribution is 5.98. The molecule has 5 heteroatoms. The quantitative estimate of drug-likeness (QED) is 0.707. The Hall–Kier alpha value is -1.65. The molecule has 1 heterocycles. The van der Waals surface area contributed by atoms with Crippen LogP contribution in [0.4, 0.5) is 10.1 Å². The van der Waals surface area contributed by atoms with Gasteiger partial charge in [-0.3, -0.25) is 9.48 Å². The van der Waals surface area contributed by atoms with Crippen LogP contribution < -0.4 is 5.32 Å². The van der Waals surface area contributed by atoms with Gasteiger partial charge in [0, 0.05) is 6.20 Å². The van der Waals surface area contributed by atoms with Crippen LogP contribution in [0, 0.1) is 0 Å². The lowest BCUT2D eigenvalue weighted by Gasteiger charge is -1.95. The van der Waals surface area contributed by atoms with Crippen LogP contribution in [-0.4, -0.2) is 22.4 Å². The van der Waals surface area contributed by atoms with Crippen molar-refractivity contribution in [3.63, 3.8) is 0 Å². The van der Waals surface area contributed by atoms with E-state index in [-0.39, 0.29) is 12.5 Å². The molecule has 0 aliphatic rings. The van der Waals surface area contributed by atoms with E-state index < -0.39 is 6.67 Å². The summed E-state index contributed by atoms with van der Waals surface area (Å²) in [4.78, 5) is 10.8. The molecule has 4 nitrogen and oxygen atoms in total. The fraction of sp³-hybridized carbons (Fsp3) is 0.250. The number of nitrogens with one attached hydrogen (secondary N) is 1. The van der Waals surface area contributed by atoms with Crippen LogP contribution in [0.1, 0.15) is 0 Å². The Balaban J connectivity index is 2.58. The number of nitrogens with zero attached hydrogens (tertiary/aromatic N) is 2. The Morgan fingerprint density at radius 3 is 3.23 bits per heavy atom. The van der Waals surface area contributed by atoms with Crippen LogP contribution in [0.25, 0.3) is 0 Å². The van der Waals surface area contributed by atoms with Gasteiger partial charge in [-0.25, -0.2) is 4.39 Å². The summed E-state index contributed by atoms with van der Waals surface area (Å²) in [5.74, 6) is -0.306. The Morgan fingerprint density at radius 1 is 1.85 bits per heavy atom. The van der Waals surface area contributed by atoms with Crippen molar-refractivity contribution in [1.82, 2.24) is 9.78 Å². The summed E-state index contributed by atoms with van der Waals surface area (Å²) in [6.45, 7) is 3.02. The Kier molecular flexibility index (Phi) is 3.19. The number of anilines is 1. The van der Waals surface area contributed by atoms with E-state index in [4.69, 9.17) is 0 Å². The molecule has 1 aromatic rings. The summed E-state index contributed by atoms with van der Waals surface area (Å²) >= 11 is 0. The molecule has 0 saturated heterocycles. The van der Waals surface area contributed by atoms with Gasteiger partial charge in [0.15, 0.2) is 0 Å². The summed E-state index contributed by atoms with van der Waals surface area (Å²) < 4.78 is 13.3. The molecule has 1 amide bonds. The monoisotopic (exact) mass is 183 g/mol. The number of alkyl halides is 1. The minimum absolute atomic E-state index is 0.198. The third-order valence-electron chi connectivity index (χ3n) is 1.40. The second kappa shape index (κ2) is 4.39. The first-order valence-corrected chi connectivity index (χ1v) is 3.78. The van der Waals surface area contributed by atoms with E-state index in [0.29, 0.717) is 5.69 Å². The molecule has 0 aliphatic carbocycles. The van der Waals surface area contributed by atoms with Gasteiger partial charge in [0.25, 0.3) is 0 Å². The molecule has 0 radical (unpaired) electrons. The average Bonchev–Trinajstić information content (AvgIpc) is 2.53. The number of hydrogen-bond donors (Lipinski definition) is 1. The van der Waals surface area contributed by atoms with Crippen molar-refractivity contribution >= 4 is 11.6 Å². The molecule has 0 bridgehead atoms. The topological polar surface area (TPSA) is 46.9 Å². The first-order chi connectivity index (χ1) is 6.26. The van der Waals surface area contributed by atoms with Crippen LogP contribution in [0.5, 0.6) is 0 Å². The van der Waals surface area contributed by atoms with E-state index in [2.05, 4.69) is 17.0 Å². The van der Waals surface area contributed by atoms with E-state index in [1.165, 1.54) is 10.9 Å². The summed E-state index contributed by atoms with van der Waals surface area (Å²) in [7, 11) is 0. The standard InChI is InChI=1S/C8H10FN3O/c1-2-8(13)11-7-5-10-12(6-7)4-3-9/h2,5-6H,1,3-4H2,(H,11,13). The van der Waals surface area contributed by atoms with Gasteiger partial charge in [-0.05, 0) is 6.08 Å². The number of rotatable bonds is 4. The van der Waals surface area contributed by atoms with Crippen molar-refractivity contribution in [2.45, 2.75) is 6.54 Å². The highest BCUT2D eigenvalue weighted by atomic mass is 19.1. The summed E-state index contributed by atoms with van der Waals surface area (Å²) in [5, 5.41) is 6.33. The molecular weight excluding hydrogens is 173 g/mol. The Bertz CT molecular complexity index is 308. The maximum absolute atomic E-state index is 11.9. The number of amides is 1. The first kappa shape index (κ1) is 9.44. The Labute approximate surface area is 75.1 Å². The molecule has 0 spiro atoms. The molecule has 1 rings (SSSR count). The molecule has 13 heavy (non-hydrogen) atoms. The summed E-state index contributed by atoms with van der Waals surface area (Å²) in [6, 6.07) is 0. The largest absolute Gasteiger partial charge is 0.320 e. The van der Waals surface area contributed by atoms with Gasteiger partial charge < -0.3 is 5.32 Å². The summed E-state index contributed by atoms with van der Waals surface area (Å²) in [5.41, 5.74) is 0.540. The molecular formula is C8H10FN3O. The Morgan fingerprint density at radius 2 is 2.62 bits per heavy atom. The molecule has 0 fully saturated rings. The van der Waals surface area contributed by atoms with Gasteiger partial charge in [0.1, 0.15) is 6.67 Å². The average molecular weight is 183 g/mol. The SMILES string of the molecule is C=CC(=O)Nc1cnn(CCF)c1. The molecule has 70 valence electrons. The van der Waals surface area contributed by atoms with E-state index in [9.17, 15) is 9.18 Å². The lowest BCUT2D eigenvalue weighted by molar-refractivity contribution is -0.111. The zero-order valence-corrected chi connectivity index (χ0v) is 7.03. The minimum Gasteiger partial charge on any atom is -0.320 e. The van der Waals surface area contributed by atoms with Crippen molar-refractivity contribution in [3.05, 3.63) is 25.0 Å². The normalized spacial score (nSPS) is 9.62. The molecule has 1 aromatic heterocycles. The highest BCUT2D eigenvalue weighted by Gasteiger charge is 1.99. The maximum Gasteiger partial charge on any atom is 0.247 e. The molecule has 0 aliphatic heterocycles. The number of carbonyl (C=O) groups excluding carboxylic acids is 1. The van der Waals surface area contributed by atoms with Gasteiger partial charge in [-0.2, -0.15) is 5.10 Å². The predicted molar refractivity (Wildman–Crippen MR) is 47.0 cm³/mol. The van der Waals surface area contributed by atoms with Crippen molar-refractivity contribution in [2.24, 2.45) is 0 Å². The number of carbonyl (C=O) groups is 1. The van der Waals surface area contributed by atoms with E-state index in [1.807, 2.05) is 0 Å². The van der Waals surface area contributed by atoms with E-state index >= 15 is 0 Å². The third kappa shape index (κ3) is 2.70. The zero-order valence-electron chi connectivity index (χ0n) is 7.03. The van der Waals surface area contributed by atoms with Crippen LogP contribution in [0.2, 0.25) is 0 Å². The van der Waals surface area contributed by atoms with Crippen LogP contribution in [0.3, 0.4) is 0 Å². The van der Waals surface area contributed by atoms with Crippen LogP contribution >= 0.6 is 0 Å². The van der Waals surface area contributed by atoms with Crippen LogP contribution in [0.15, 0.2) is 25.0 Å². The number of aromatic nitrogens is 2. The van der Waals surface area contributed by atoms with Crippen molar-refractivity contribution in [1.29, 1.82) is 0 Å². The van der Waals surface area contributed by atoms with Gasteiger partial charge >= 0.3 is 0 Å². The van der Waals surface area contributed by atoms with Crippen molar-refractivity contribution in [3.8, 4) is 0 Å². The van der Waals surface area contributed by atoms with Gasteiger partial charge in [-0.15, -0.1) is 0 Å². The molecule has 0 saturated carbocycles. The number of hydrogen-bond acceptors (Lipinski definition) is 2. The predicted octanol–water partition coefficient (Wildman–Crippen LogP) is 0.977. The minimum atomic E-state index is -0.476. The third-order valence-corrected chi connectivity index (χ3v) is 1.40. The van der Waals surface area contributed by atoms with Crippen molar-refractivity contribution < 1.29 is 9.18 Å². The number of halogens is 1. The first-order valence-electron chi connectivity index (χ1n) is 3.78. The fourth-order valence-electron chi connectivity index (χ4n) is 0.830. The van der Waals surface area contributed by atoms with E-state index in [0.717, 1.165) is 6.08 Å². The lowest BCUT2D eigenvalue weighted by Crippen LogP contribution is -2.06.